The first-order chi connectivity index (χ1) is 20.8. The lowest BCUT2D eigenvalue weighted by Crippen LogP contribution is -2.40. The molecule has 3 aromatic carbocycles. The van der Waals surface area contributed by atoms with Gasteiger partial charge in [-0.05, 0) is 89.5 Å². The van der Waals surface area contributed by atoms with Crippen molar-refractivity contribution in [2.75, 3.05) is 27.2 Å². The molecule has 0 unspecified atom stereocenters. The molecule has 43 heavy (non-hydrogen) atoms. The second-order valence-corrected chi connectivity index (χ2v) is 11.0. The number of benzene rings is 3. The normalized spacial score (nSPS) is 19.4. The van der Waals surface area contributed by atoms with Crippen molar-refractivity contribution < 1.29 is 31.8 Å². The fourth-order valence-electron chi connectivity index (χ4n) is 5.47. The molecular formula is C32H27F4N3O3S. The molecule has 3 aliphatic rings. The maximum absolute atomic E-state index is 12.9. The zero-order valence-electron chi connectivity index (χ0n) is 23.2. The van der Waals surface area contributed by atoms with Crippen molar-refractivity contribution >= 4 is 28.7 Å². The van der Waals surface area contributed by atoms with Gasteiger partial charge in [0.25, 0.3) is 0 Å². The second kappa shape index (κ2) is 12.2. The predicted molar refractivity (Wildman–Crippen MR) is 159 cm³/mol. The fourth-order valence-corrected chi connectivity index (χ4v) is 6.40. The Balaban J connectivity index is 1.43. The zero-order chi connectivity index (χ0) is 30.1. The highest BCUT2D eigenvalue weighted by molar-refractivity contribution is 8.16. The molecule has 0 fully saturated rings. The number of thioether (sulfide) groups is 1. The molecule has 0 aromatic heterocycles. The van der Waals surface area contributed by atoms with Crippen LogP contribution in [0, 0.1) is 0 Å². The first-order valence-electron chi connectivity index (χ1n) is 13.4. The monoisotopic (exact) mass is 609 g/mol. The average molecular weight is 610 g/mol. The Morgan fingerprint density at radius 2 is 1.44 bits per heavy atom. The summed E-state index contributed by atoms with van der Waals surface area (Å²) in [4.78, 5) is 9.51. The number of hydrogen-bond donors (Lipinski definition) is 0. The first-order valence-corrected chi connectivity index (χ1v) is 14.3. The molecule has 0 aliphatic carbocycles. The van der Waals surface area contributed by atoms with E-state index in [1.807, 2.05) is 49.5 Å². The van der Waals surface area contributed by atoms with Gasteiger partial charge < -0.3 is 19.1 Å². The van der Waals surface area contributed by atoms with Crippen molar-refractivity contribution in [1.29, 1.82) is 0 Å². The highest BCUT2D eigenvalue weighted by atomic mass is 32.2. The van der Waals surface area contributed by atoms with Crippen LogP contribution in [0.5, 0.6) is 17.2 Å². The van der Waals surface area contributed by atoms with Crippen LogP contribution in [0.15, 0.2) is 100 Å². The van der Waals surface area contributed by atoms with Crippen LogP contribution in [-0.4, -0.2) is 55.4 Å². The topological polar surface area (TPSA) is 46.5 Å². The van der Waals surface area contributed by atoms with Crippen LogP contribution >= 0.6 is 11.8 Å². The van der Waals surface area contributed by atoms with Gasteiger partial charge >= 0.3 is 13.2 Å². The number of aliphatic imine (C=N–C) groups is 1. The third kappa shape index (κ3) is 6.14. The van der Waals surface area contributed by atoms with Crippen molar-refractivity contribution in [3.05, 3.63) is 112 Å². The number of fused-ring (bicyclic) bond motifs is 1. The van der Waals surface area contributed by atoms with Crippen molar-refractivity contribution in [3.8, 4) is 17.2 Å². The quantitative estimate of drug-likeness (QED) is 0.245. The van der Waals surface area contributed by atoms with Gasteiger partial charge in [0.2, 0.25) is 0 Å². The number of hydrogen-bond acceptors (Lipinski definition) is 7. The Hall–Kier alpha value is -4.22. The van der Waals surface area contributed by atoms with E-state index < -0.39 is 13.2 Å². The summed E-state index contributed by atoms with van der Waals surface area (Å²) in [6.07, 6.45) is 2.00. The van der Waals surface area contributed by atoms with Gasteiger partial charge in [-0.2, -0.15) is 17.6 Å². The molecule has 1 atom stereocenters. The minimum atomic E-state index is -2.91. The van der Waals surface area contributed by atoms with E-state index in [9.17, 15) is 17.6 Å². The van der Waals surface area contributed by atoms with E-state index in [4.69, 9.17) is 9.73 Å². The molecule has 0 bridgehead atoms. The summed E-state index contributed by atoms with van der Waals surface area (Å²) in [5, 5.41) is 2.86. The maximum Gasteiger partial charge on any atom is 0.387 e. The van der Waals surface area contributed by atoms with E-state index in [0.29, 0.717) is 13.1 Å². The van der Waals surface area contributed by atoms with E-state index in [-0.39, 0.29) is 17.5 Å². The van der Waals surface area contributed by atoms with Gasteiger partial charge in [-0.15, -0.1) is 0 Å². The molecular weight excluding hydrogens is 582 g/mol. The number of ether oxygens (including phenoxy) is 3. The SMILES string of the molecule is COc1ccc(C2=CSC3=NC4=C(CN(C)C/C4=C\c4ccc(OC(F)F)cc4)[C@H](c4ccc(OC(F)F)cc4)N23)cc1. The highest BCUT2D eigenvalue weighted by Gasteiger charge is 2.41. The lowest BCUT2D eigenvalue weighted by Gasteiger charge is -2.42. The van der Waals surface area contributed by atoms with E-state index in [1.54, 1.807) is 31.4 Å². The summed E-state index contributed by atoms with van der Waals surface area (Å²) in [7, 11) is 3.64. The standard InChI is InChI=1S/C32H27F4N3O3S/c1-38-16-22(15-19-3-9-24(10-4-19)41-30(33)34)28-26(17-38)29(21-7-13-25(14-8-21)42-31(35)36)39-27(18-43-32(39)37-28)20-5-11-23(40-2)12-6-20/h3-15,18,29-31H,16-17H2,1-2H3/b22-15+/t29-/m0/s1. The third-order valence-corrected chi connectivity index (χ3v) is 8.12. The molecule has 3 heterocycles. The number of alkyl halides is 4. The van der Waals surface area contributed by atoms with Gasteiger partial charge in [-0.25, -0.2) is 4.99 Å². The Labute approximate surface area is 250 Å². The molecule has 6 rings (SSSR count). The lowest BCUT2D eigenvalue weighted by molar-refractivity contribution is -0.0505. The van der Waals surface area contributed by atoms with Crippen LogP contribution < -0.4 is 14.2 Å². The van der Waals surface area contributed by atoms with Crippen LogP contribution in [0.1, 0.15) is 22.7 Å². The van der Waals surface area contributed by atoms with Crippen molar-refractivity contribution in [1.82, 2.24) is 9.80 Å². The smallest absolute Gasteiger partial charge is 0.387 e. The Kier molecular flexibility index (Phi) is 8.18. The number of likely N-dealkylation sites (N-methyl/N-ethyl adjacent to an activating group) is 1. The number of methoxy groups -OCH3 is 1. The molecule has 6 nitrogen and oxygen atoms in total. The molecule has 0 spiro atoms. The van der Waals surface area contributed by atoms with Crippen LogP contribution in [0.3, 0.4) is 0 Å². The Morgan fingerprint density at radius 3 is 2.05 bits per heavy atom. The second-order valence-electron chi connectivity index (χ2n) is 10.1. The summed E-state index contributed by atoms with van der Waals surface area (Å²) in [6, 6.07) is 20.7. The fraction of sp³-hybridized carbons (Fsp3) is 0.219. The molecule has 0 saturated heterocycles. The molecule has 0 N–H and O–H groups in total. The van der Waals surface area contributed by atoms with Gasteiger partial charge in [0.05, 0.1) is 24.5 Å². The summed E-state index contributed by atoms with van der Waals surface area (Å²) < 4.78 is 65.5. The number of nitrogens with zero attached hydrogens (tertiary/aromatic N) is 3. The van der Waals surface area contributed by atoms with E-state index in [1.165, 1.54) is 23.9 Å². The number of rotatable bonds is 8. The first kappa shape index (κ1) is 28.9. The molecule has 3 aliphatic heterocycles. The van der Waals surface area contributed by atoms with E-state index in [2.05, 4.69) is 24.7 Å². The zero-order valence-corrected chi connectivity index (χ0v) is 24.0. The van der Waals surface area contributed by atoms with Gasteiger partial charge in [-0.3, -0.25) is 4.90 Å². The summed E-state index contributed by atoms with van der Waals surface area (Å²) >= 11 is 1.52. The number of amidine groups is 1. The van der Waals surface area contributed by atoms with Crippen molar-refractivity contribution in [2.24, 2.45) is 4.99 Å². The Morgan fingerprint density at radius 1 is 0.837 bits per heavy atom. The van der Waals surface area contributed by atoms with Crippen LogP contribution in [0.4, 0.5) is 17.6 Å². The summed E-state index contributed by atoms with van der Waals surface area (Å²) in [5.41, 5.74) is 6.53. The third-order valence-electron chi connectivity index (χ3n) is 7.28. The maximum atomic E-state index is 12.9. The van der Waals surface area contributed by atoms with Crippen molar-refractivity contribution in [3.63, 3.8) is 0 Å². The molecule has 222 valence electrons. The van der Waals surface area contributed by atoms with E-state index >= 15 is 0 Å². The van der Waals surface area contributed by atoms with Gasteiger partial charge in [-0.1, -0.05) is 36.0 Å². The van der Waals surface area contributed by atoms with Gasteiger partial charge in [0.1, 0.15) is 17.2 Å². The minimum Gasteiger partial charge on any atom is -0.497 e. The minimum absolute atomic E-state index is 0.0833. The molecule has 0 saturated carbocycles. The average Bonchev–Trinajstić information content (AvgIpc) is 3.41. The largest absolute Gasteiger partial charge is 0.497 e. The van der Waals surface area contributed by atoms with Gasteiger partial charge in [0.15, 0.2) is 5.17 Å². The van der Waals surface area contributed by atoms with Crippen LogP contribution in [0.2, 0.25) is 0 Å². The number of halogens is 4. The van der Waals surface area contributed by atoms with Gasteiger partial charge in [0, 0.05) is 18.5 Å². The summed E-state index contributed by atoms with van der Waals surface area (Å²) in [6.45, 7) is -4.55. The van der Waals surface area contributed by atoms with Crippen LogP contribution in [-0.2, 0) is 0 Å². The molecule has 11 heteroatoms. The predicted octanol–water partition coefficient (Wildman–Crippen LogP) is 7.64. The van der Waals surface area contributed by atoms with E-state index in [0.717, 1.165) is 50.1 Å². The molecule has 3 aromatic rings. The van der Waals surface area contributed by atoms with Crippen molar-refractivity contribution in [2.45, 2.75) is 19.3 Å². The molecule has 0 amide bonds. The van der Waals surface area contributed by atoms with Crippen LogP contribution in [0.25, 0.3) is 11.8 Å². The lowest BCUT2D eigenvalue weighted by atomic mass is 9.88. The molecule has 0 radical (unpaired) electrons. The highest BCUT2D eigenvalue weighted by Crippen LogP contribution is 2.49. The summed E-state index contributed by atoms with van der Waals surface area (Å²) in [5.74, 6) is 0.918. The Bertz CT molecular complexity index is 1600.